The Bertz CT molecular complexity index is 549. The van der Waals surface area contributed by atoms with Crippen LogP contribution in [0.5, 0.6) is 0 Å². The van der Waals surface area contributed by atoms with E-state index in [9.17, 15) is 0 Å². The third kappa shape index (κ3) is 2.95. The summed E-state index contributed by atoms with van der Waals surface area (Å²) in [7, 11) is 1.95. The van der Waals surface area contributed by atoms with Crippen molar-refractivity contribution in [3.05, 3.63) is 39.3 Å². The Balaban J connectivity index is 1.68. The summed E-state index contributed by atoms with van der Waals surface area (Å²) in [5.41, 5.74) is 5.81. The van der Waals surface area contributed by atoms with Gasteiger partial charge in [0.25, 0.3) is 0 Å². The van der Waals surface area contributed by atoms with E-state index in [1.54, 1.807) is 10.4 Å². The monoisotopic (exact) mass is 290 g/mol. The minimum atomic E-state index is 0.255. The average molecular weight is 290 g/mol. The fraction of sp³-hybridized carbons (Fsp3) is 0.533. The molecule has 3 N–H and O–H groups in total. The Morgan fingerprint density at radius 2 is 2.30 bits per heavy atom. The van der Waals surface area contributed by atoms with Gasteiger partial charge in [-0.2, -0.15) is 5.10 Å². The molecule has 108 valence electrons. The zero-order valence-corrected chi connectivity index (χ0v) is 12.7. The zero-order chi connectivity index (χ0) is 13.9. The van der Waals surface area contributed by atoms with Crippen molar-refractivity contribution in [1.29, 1.82) is 0 Å². The lowest BCUT2D eigenvalue weighted by Gasteiger charge is -2.13. The Labute approximate surface area is 124 Å². The summed E-state index contributed by atoms with van der Waals surface area (Å²) in [4.78, 5) is 2.97. The second-order valence-electron chi connectivity index (χ2n) is 5.58. The van der Waals surface area contributed by atoms with Gasteiger partial charge in [0, 0.05) is 23.0 Å². The Morgan fingerprint density at radius 3 is 3.00 bits per heavy atom. The summed E-state index contributed by atoms with van der Waals surface area (Å²) >= 11 is 1.95. The lowest BCUT2D eigenvalue weighted by Crippen LogP contribution is -2.27. The highest BCUT2D eigenvalue weighted by Crippen LogP contribution is 2.34. The van der Waals surface area contributed by atoms with E-state index in [1.165, 1.54) is 36.1 Å². The second-order valence-corrected chi connectivity index (χ2v) is 6.75. The fourth-order valence-electron chi connectivity index (χ4n) is 2.91. The molecule has 0 saturated carbocycles. The first-order valence-electron chi connectivity index (χ1n) is 7.31. The molecule has 0 fully saturated rings. The van der Waals surface area contributed by atoms with Crippen LogP contribution in [0, 0.1) is 0 Å². The molecule has 0 bridgehead atoms. The molecule has 0 radical (unpaired) electrons. The molecule has 2 heterocycles. The number of fused-ring (bicyclic) bond motifs is 1. The predicted molar refractivity (Wildman–Crippen MR) is 82.6 cm³/mol. The van der Waals surface area contributed by atoms with E-state index in [-0.39, 0.29) is 6.04 Å². The number of nitrogens with two attached hydrogens (primary N) is 1. The molecular formula is C15H22N4S. The van der Waals surface area contributed by atoms with Crippen LogP contribution in [0.25, 0.3) is 0 Å². The van der Waals surface area contributed by atoms with Gasteiger partial charge in [-0.3, -0.25) is 16.0 Å². The summed E-state index contributed by atoms with van der Waals surface area (Å²) in [5.74, 6) is 5.77. The second kappa shape index (κ2) is 6.08. The maximum absolute atomic E-state index is 5.77. The van der Waals surface area contributed by atoms with Crippen molar-refractivity contribution in [2.24, 2.45) is 12.9 Å². The molecule has 1 atom stereocenters. The van der Waals surface area contributed by atoms with E-state index < -0.39 is 0 Å². The first-order chi connectivity index (χ1) is 9.76. The van der Waals surface area contributed by atoms with E-state index in [4.69, 9.17) is 5.84 Å². The van der Waals surface area contributed by atoms with Crippen molar-refractivity contribution in [2.45, 2.75) is 44.6 Å². The molecule has 3 rings (SSSR count). The number of rotatable bonds is 5. The molecule has 1 aliphatic rings. The highest BCUT2D eigenvalue weighted by atomic mass is 32.1. The third-order valence-electron chi connectivity index (χ3n) is 4.04. The molecule has 0 aliphatic heterocycles. The van der Waals surface area contributed by atoms with Crippen molar-refractivity contribution in [3.63, 3.8) is 0 Å². The molecule has 0 saturated heterocycles. The molecule has 0 amide bonds. The summed E-state index contributed by atoms with van der Waals surface area (Å²) in [6.07, 6.45) is 11.2. The molecule has 0 spiro atoms. The lowest BCUT2D eigenvalue weighted by atomic mass is 9.98. The van der Waals surface area contributed by atoms with Gasteiger partial charge in [0.15, 0.2) is 0 Å². The van der Waals surface area contributed by atoms with Gasteiger partial charge in [0.1, 0.15) is 0 Å². The highest BCUT2D eigenvalue weighted by Gasteiger charge is 2.18. The Hall–Kier alpha value is -1.17. The van der Waals surface area contributed by atoms with Gasteiger partial charge < -0.3 is 0 Å². The number of thiophene rings is 1. The first-order valence-corrected chi connectivity index (χ1v) is 8.13. The number of nitrogens with zero attached hydrogens (tertiary/aromatic N) is 2. The highest BCUT2D eigenvalue weighted by molar-refractivity contribution is 7.12. The van der Waals surface area contributed by atoms with E-state index in [2.05, 4.69) is 22.8 Å². The van der Waals surface area contributed by atoms with E-state index in [0.29, 0.717) is 0 Å². The summed E-state index contributed by atoms with van der Waals surface area (Å²) in [6.45, 7) is 0. The van der Waals surface area contributed by atoms with Crippen LogP contribution in [0.15, 0.2) is 18.5 Å². The Kier molecular flexibility index (Phi) is 4.19. The van der Waals surface area contributed by atoms with Crippen molar-refractivity contribution in [3.8, 4) is 0 Å². The minimum absolute atomic E-state index is 0.255. The van der Waals surface area contributed by atoms with Crippen molar-refractivity contribution in [1.82, 2.24) is 15.2 Å². The third-order valence-corrected chi connectivity index (χ3v) is 5.39. The molecule has 4 nitrogen and oxygen atoms in total. The average Bonchev–Trinajstić information content (AvgIpc) is 3.05. The van der Waals surface area contributed by atoms with Gasteiger partial charge >= 0.3 is 0 Å². The molecule has 5 heteroatoms. The first kappa shape index (κ1) is 13.8. The standard InChI is InChI=1S/C15H22N4S/c1-19-10-11(9-17-19)6-7-13(18-16)15-8-12-4-2-3-5-14(12)20-15/h8-10,13,18H,2-7,16H2,1H3. The van der Waals surface area contributed by atoms with Gasteiger partial charge in [-0.05, 0) is 55.7 Å². The molecule has 20 heavy (non-hydrogen) atoms. The molecular weight excluding hydrogens is 268 g/mol. The van der Waals surface area contributed by atoms with Crippen LogP contribution in [0.3, 0.4) is 0 Å². The number of aromatic nitrogens is 2. The van der Waals surface area contributed by atoms with Crippen molar-refractivity contribution in [2.75, 3.05) is 0 Å². The topological polar surface area (TPSA) is 55.9 Å². The smallest absolute Gasteiger partial charge is 0.0556 e. The zero-order valence-electron chi connectivity index (χ0n) is 11.9. The number of hydrogen-bond acceptors (Lipinski definition) is 4. The van der Waals surface area contributed by atoms with E-state index in [1.807, 2.05) is 29.3 Å². The van der Waals surface area contributed by atoms with Crippen LogP contribution < -0.4 is 11.3 Å². The molecule has 1 aliphatic carbocycles. The molecule has 2 aromatic rings. The minimum Gasteiger partial charge on any atom is -0.276 e. The van der Waals surface area contributed by atoms with Crippen LogP contribution in [0.1, 0.15) is 46.2 Å². The SMILES string of the molecule is Cn1cc(CCC(NN)c2cc3c(s2)CCCC3)cn1. The summed E-state index contributed by atoms with van der Waals surface area (Å²) in [5, 5.41) is 4.21. The van der Waals surface area contributed by atoms with Gasteiger partial charge in [-0.1, -0.05) is 0 Å². The van der Waals surface area contributed by atoms with Gasteiger partial charge in [-0.15, -0.1) is 11.3 Å². The van der Waals surface area contributed by atoms with Crippen molar-refractivity contribution < 1.29 is 0 Å². The fourth-order valence-corrected chi connectivity index (χ4v) is 4.26. The maximum Gasteiger partial charge on any atom is 0.0556 e. The normalized spacial score (nSPS) is 16.1. The number of aryl methyl sites for hydroxylation is 4. The molecule has 2 aromatic heterocycles. The van der Waals surface area contributed by atoms with Crippen LogP contribution >= 0.6 is 11.3 Å². The van der Waals surface area contributed by atoms with E-state index >= 15 is 0 Å². The van der Waals surface area contributed by atoms with E-state index in [0.717, 1.165) is 12.8 Å². The summed E-state index contributed by atoms with van der Waals surface area (Å²) in [6, 6.07) is 2.62. The molecule has 0 aromatic carbocycles. The lowest BCUT2D eigenvalue weighted by molar-refractivity contribution is 0.524. The maximum atomic E-state index is 5.77. The number of nitrogens with one attached hydrogen (secondary N) is 1. The summed E-state index contributed by atoms with van der Waals surface area (Å²) < 4.78 is 1.85. The predicted octanol–water partition coefficient (Wildman–Crippen LogP) is 2.50. The number of hydrogen-bond donors (Lipinski definition) is 2. The molecule has 1 unspecified atom stereocenters. The van der Waals surface area contributed by atoms with Gasteiger partial charge in [0.2, 0.25) is 0 Å². The van der Waals surface area contributed by atoms with Crippen LogP contribution in [-0.2, 0) is 26.3 Å². The van der Waals surface area contributed by atoms with Crippen LogP contribution in [0.2, 0.25) is 0 Å². The quantitative estimate of drug-likeness (QED) is 0.657. The van der Waals surface area contributed by atoms with Crippen molar-refractivity contribution >= 4 is 11.3 Å². The van der Waals surface area contributed by atoms with Gasteiger partial charge in [0.05, 0.1) is 12.2 Å². The van der Waals surface area contributed by atoms with Crippen LogP contribution in [0.4, 0.5) is 0 Å². The number of hydrazine groups is 1. The van der Waals surface area contributed by atoms with Gasteiger partial charge in [-0.25, -0.2) is 0 Å². The largest absolute Gasteiger partial charge is 0.276 e. The van der Waals surface area contributed by atoms with Crippen LogP contribution in [-0.4, -0.2) is 9.78 Å². The Morgan fingerprint density at radius 1 is 1.45 bits per heavy atom.